The van der Waals surface area contributed by atoms with Gasteiger partial charge in [-0.1, -0.05) is 6.08 Å². The molecule has 0 spiro atoms. The summed E-state index contributed by atoms with van der Waals surface area (Å²) in [6.07, 6.45) is 3.07. The molecule has 0 aromatic rings. The molecule has 3 nitrogen and oxygen atoms in total. The van der Waals surface area contributed by atoms with Crippen molar-refractivity contribution in [2.45, 2.75) is 12.5 Å². The molecule has 0 radical (unpaired) electrons. The van der Waals surface area contributed by atoms with E-state index in [1.165, 1.54) is 0 Å². The third-order valence-corrected chi connectivity index (χ3v) is 1.52. The fourth-order valence-corrected chi connectivity index (χ4v) is 0.809. The Labute approximate surface area is 73.3 Å². The molecule has 0 N–H and O–H groups in total. The van der Waals surface area contributed by atoms with Gasteiger partial charge in [-0.3, -0.25) is 0 Å². The summed E-state index contributed by atoms with van der Waals surface area (Å²) in [5.41, 5.74) is 0. The van der Waals surface area contributed by atoms with Crippen LogP contribution in [0.5, 0.6) is 0 Å². The first kappa shape index (κ1) is 9.71. The van der Waals surface area contributed by atoms with E-state index in [4.69, 9.17) is 14.2 Å². The summed E-state index contributed by atoms with van der Waals surface area (Å²) in [5.74, 6) is 0. The van der Waals surface area contributed by atoms with E-state index >= 15 is 0 Å². The summed E-state index contributed by atoms with van der Waals surface area (Å²) >= 11 is 0. The Kier molecular flexibility index (Phi) is 4.99. The summed E-state index contributed by atoms with van der Waals surface area (Å²) in [7, 11) is 0. The smallest absolute Gasteiger partial charge is 0.104 e. The first-order valence-corrected chi connectivity index (χ1v) is 4.31. The second-order valence-electron chi connectivity index (χ2n) is 2.75. The summed E-state index contributed by atoms with van der Waals surface area (Å²) in [6, 6.07) is 0. The lowest BCUT2D eigenvalue weighted by Crippen LogP contribution is -2.05. The van der Waals surface area contributed by atoms with Gasteiger partial charge >= 0.3 is 0 Å². The minimum atomic E-state index is 0.374. The average Bonchev–Trinajstić information content (AvgIpc) is 2.87. The van der Waals surface area contributed by atoms with Gasteiger partial charge in [0.25, 0.3) is 0 Å². The van der Waals surface area contributed by atoms with Gasteiger partial charge in [0, 0.05) is 13.2 Å². The Morgan fingerprint density at radius 2 is 2.17 bits per heavy atom. The van der Waals surface area contributed by atoms with Crippen LogP contribution in [0.4, 0.5) is 0 Å². The highest BCUT2D eigenvalue weighted by molar-refractivity contribution is 4.67. The number of rotatable bonds is 8. The predicted molar refractivity (Wildman–Crippen MR) is 46.2 cm³/mol. The molecule has 0 aromatic heterocycles. The Balaban J connectivity index is 1.67. The lowest BCUT2D eigenvalue weighted by molar-refractivity contribution is 0.0840. The number of hydrogen-bond acceptors (Lipinski definition) is 3. The lowest BCUT2D eigenvalue weighted by atomic mass is 10.5. The van der Waals surface area contributed by atoms with Gasteiger partial charge in [-0.15, -0.1) is 6.58 Å². The van der Waals surface area contributed by atoms with Gasteiger partial charge in [-0.25, -0.2) is 0 Å². The van der Waals surface area contributed by atoms with Crippen molar-refractivity contribution in [3.05, 3.63) is 12.7 Å². The highest BCUT2D eigenvalue weighted by Crippen LogP contribution is 2.08. The zero-order chi connectivity index (χ0) is 8.65. The standard InChI is InChI=1S/C9H16O3/c1-2-4-10-5-3-6-11-7-9-8-12-9/h2,9H,1,3-8H2. The van der Waals surface area contributed by atoms with Gasteiger partial charge in [-0.05, 0) is 6.42 Å². The quantitative estimate of drug-likeness (QED) is 0.311. The van der Waals surface area contributed by atoms with E-state index < -0.39 is 0 Å². The monoisotopic (exact) mass is 172 g/mol. The van der Waals surface area contributed by atoms with Crippen molar-refractivity contribution in [1.82, 2.24) is 0 Å². The molecule has 1 aliphatic heterocycles. The van der Waals surface area contributed by atoms with Crippen molar-refractivity contribution in [1.29, 1.82) is 0 Å². The second kappa shape index (κ2) is 6.17. The van der Waals surface area contributed by atoms with Crippen molar-refractivity contribution in [2.75, 3.05) is 33.0 Å². The maximum absolute atomic E-state index is 5.31. The van der Waals surface area contributed by atoms with Crippen LogP contribution in [-0.2, 0) is 14.2 Å². The van der Waals surface area contributed by atoms with Crippen LogP contribution in [0, 0.1) is 0 Å². The van der Waals surface area contributed by atoms with E-state index in [0.29, 0.717) is 12.7 Å². The minimum Gasteiger partial charge on any atom is -0.379 e. The molecule has 1 saturated heterocycles. The van der Waals surface area contributed by atoms with Crippen LogP contribution < -0.4 is 0 Å². The molecule has 1 heterocycles. The first-order valence-electron chi connectivity index (χ1n) is 4.31. The molecule has 1 atom stereocenters. The van der Waals surface area contributed by atoms with E-state index in [1.54, 1.807) is 6.08 Å². The minimum absolute atomic E-state index is 0.374. The fraction of sp³-hybridized carbons (Fsp3) is 0.778. The molecule has 0 bridgehead atoms. The van der Waals surface area contributed by atoms with Crippen LogP contribution in [0.1, 0.15) is 6.42 Å². The maximum atomic E-state index is 5.31. The van der Waals surface area contributed by atoms with Gasteiger partial charge in [0.05, 0.1) is 19.8 Å². The molecular formula is C9H16O3. The summed E-state index contributed by atoms with van der Waals surface area (Å²) in [4.78, 5) is 0. The van der Waals surface area contributed by atoms with Crippen molar-refractivity contribution >= 4 is 0 Å². The number of epoxide rings is 1. The van der Waals surface area contributed by atoms with Gasteiger partial charge < -0.3 is 14.2 Å². The van der Waals surface area contributed by atoms with Crippen LogP contribution in [-0.4, -0.2) is 39.1 Å². The third-order valence-electron chi connectivity index (χ3n) is 1.52. The lowest BCUT2D eigenvalue weighted by Gasteiger charge is -2.01. The van der Waals surface area contributed by atoms with Crippen LogP contribution >= 0.6 is 0 Å². The Bertz CT molecular complexity index is 121. The maximum Gasteiger partial charge on any atom is 0.104 e. The van der Waals surface area contributed by atoms with Crippen molar-refractivity contribution < 1.29 is 14.2 Å². The summed E-state index contributed by atoms with van der Waals surface area (Å²) in [6.45, 7) is 7.30. The molecule has 3 heteroatoms. The highest BCUT2D eigenvalue weighted by Gasteiger charge is 2.21. The zero-order valence-electron chi connectivity index (χ0n) is 7.33. The predicted octanol–water partition coefficient (Wildman–Crippen LogP) is 0.994. The molecular weight excluding hydrogens is 156 g/mol. The fourth-order valence-electron chi connectivity index (χ4n) is 0.809. The van der Waals surface area contributed by atoms with E-state index in [-0.39, 0.29) is 0 Å². The zero-order valence-corrected chi connectivity index (χ0v) is 7.33. The molecule has 1 fully saturated rings. The molecule has 0 saturated carbocycles. The van der Waals surface area contributed by atoms with Gasteiger partial charge in [-0.2, -0.15) is 0 Å². The van der Waals surface area contributed by atoms with Crippen molar-refractivity contribution in [3.8, 4) is 0 Å². The Morgan fingerprint density at radius 3 is 2.83 bits per heavy atom. The average molecular weight is 172 g/mol. The van der Waals surface area contributed by atoms with Crippen LogP contribution in [0.2, 0.25) is 0 Å². The summed E-state index contributed by atoms with van der Waals surface area (Å²) in [5, 5.41) is 0. The van der Waals surface area contributed by atoms with E-state index in [2.05, 4.69) is 6.58 Å². The van der Waals surface area contributed by atoms with E-state index in [0.717, 1.165) is 32.8 Å². The third kappa shape index (κ3) is 5.29. The van der Waals surface area contributed by atoms with E-state index in [1.807, 2.05) is 0 Å². The molecule has 1 aliphatic rings. The largest absolute Gasteiger partial charge is 0.379 e. The van der Waals surface area contributed by atoms with E-state index in [9.17, 15) is 0 Å². The molecule has 0 amide bonds. The molecule has 1 unspecified atom stereocenters. The van der Waals surface area contributed by atoms with Crippen molar-refractivity contribution in [3.63, 3.8) is 0 Å². The van der Waals surface area contributed by atoms with Crippen LogP contribution in [0.15, 0.2) is 12.7 Å². The van der Waals surface area contributed by atoms with Crippen molar-refractivity contribution in [2.24, 2.45) is 0 Å². The Morgan fingerprint density at radius 1 is 1.42 bits per heavy atom. The highest BCUT2D eigenvalue weighted by atomic mass is 16.6. The van der Waals surface area contributed by atoms with Gasteiger partial charge in [0.1, 0.15) is 6.10 Å². The second-order valence-corrected chi connectivity index (χ2v) is 2.75. The molecule has 70 valence electrons. The topological polar surface area (TPSA) is 31.0 Å². The SMILES string of the molecule is C=CCOCCCOCC1CO1. The summed E-state index contributed by atoms with van der Waals surface area (Å²) < 4.78 is 15.5. The molecule has 0 aromatic carbocycles. The van der Waals surface area contributed by atoms with Crippen LogP contribution in [0.25, 0.3) is 0 Å². The van der Waals surface area contributed by atoms with Crippen LogP contribution in [0.3, 0.4) is 0 Å². The number of hydrogen-bond donors (Lipinski definition) is 0. The molecule has 1 rings (SSSR count). The Hall–Kier alpha value is -0.380. The normalized spacial score (nSPS) is 20.8. The van der Waals surface area contributed by atoms with Gasteiger partial charge in [0.2, 0.25) is 0 Å². The van der Waals surface area contributed by atoms with Gasteiger partial charge in [0.15, 0.2) is 0 Å². The molecule has 0 aliphatic carbocycles. The molecule has 12 heavy (non-hydrogen) atoms. The number of ether oxygens (including phenoxy) is 3. The first-order chi connectivity index (χ1) is 5.93.